The minimum absolute atomic E-state index is 0.000394. The van der Waals surface area contributed by atoms with Gasteiger partial charge in [-0.25, -0.2) is 0 Å². The molecule has 1 amide bonds. The molecular weight excluding hydrogens is 216 g/mol. The maximum atomic E-state index is 11.7. The van der Waals surface area contributed by atoms with Gasteiger partial charge in [0.1, 0.15) is 0 Å². The van der Waals surface area contributed by atoms with Crippen molar-refractivity contribution >= 4 is 11.7 Å². The van der Waals surface area contributed by atoms with E-state index in [1.54, 1.807) is 12.1 Å². The maximum Gasteiger partial charge on any atom is 0.220 e. The number of nitrogens with two attached hydrogens (primary N) is 1. The van der Waals surface area contributed by atoms with Crippen LogP contribution in [-0.4, -0.2) is 24.8 Å². The van der Waals surface area contributed by atoms with Crippen LogP contribution >= 0.6 is 0 Å². The SMILES string of the molecule is NCCCNC(=O)CCC(=O)c1ccccc1. The first-order valence-corrected chi connectivity index (χ1v) is 5.79. The largest absolute Gasteiger partial charge is 0.356 e. The molecule has 1 aromatic rings. The van der Waals surface area contributed by atoms with Crippen molar-refractivity contribution in [3.8, 4) is 0 Å². The molecule has 17 heavy (non-hydrogen) atoms. The molecule has 0 bridgehead atoms. The molecule has 0 saturated heterocycles. The van der Waals surface area contributed by atoms with E-state index in [0.717, 1.165) is 6.42 Å². The number of hydrogen-bond acceptors (Lipinski definition) is 3. The van der Waals surface area contributed by atoms with Crippen molar-refractivity contribution in [2.75, 3.05) is 13.1 Å². The van der Waals surface area contributed by atoms with E-state index >= 15 is 0 Å². The number of amides is 1. The molecule has 0 fully saturated rings. The second kappa shape index (κ2) is 7.57. The molecule has 4 heteroatoms. The molecule has 4 nitrogen and oxygen atoms in total. The number of nitrogens with one attached hydrogen (secondary N) is 1. The molecule has 0 saturated carbocycles. The highest BCUT2D eigenvalue weighted by Gasteiger charge is 2.08. The molecule has 0 spiro atoms. The molecular formula is C13H18N2O2. The van der Waals surface area contributed by atoms with E-state index in [4.69, 9.17) is 5.73 Å². The summed E-state index contributed by atoms with van der Waals surface area (Å²) in [5, 5.41) is 2.72. The van der Waals surface area contributed by atoms with Gasteiger partial charge in [0.25, 0.3) is 0 Å². The van der Waals surface area contributed by atoms with Crippen LogP contribution in [0.15, 0.2) is 30.3 Å². The summed E-state index contributed by atoms with van der Waals surface area (Å²) in [5.41, 5.74) is 5.96. The van der Waals surface area contributed by atoms with Gasteiger partial charge in [0.15, 0.2) is 5.78 Å². The van der Waals surface area contributed by atoms with Crippen LogP contribution in [-0.2, 0) is 4.79 Å². The average Bonchev–Trinajstić information content (AvgIpc) is 2.37. The molecule has 3 N–H and O–H groups in total. The fourth-order valence-corrected chi connectivity index (χ4v) is 1.41. The molecule has 0 aliphatic rings. The molecule has 1 rings (SSSR count). The van der Waals surface area contributed by atoms with Gasteiger partial charge in [-0.15, -0.1) is 0 Å². The fourth-order valence-electron chi connectivity index (χ4n) is 1.41. The van der Waals surface area contributed by atoms with Crippen molar-refractivity contribution in [1.29, 1.82) is 0 Å². The molecule has 0 aliphatic heterocycles. The first-order chi connectivity index (χ1) is 8.24. The van der Waals surface area contributed by atoms with Gasteiger partial charge in [-0.3, -0.25) is 9.59 Å². The topological polar surface area (TPSA) is 72.2 Å². The third-order valence-electron chi connectivity index (χ3n) is 2.38. The Labute approximate surface area is 101 Å². The summed E-state index contributed by atoms with van der Waals surface area (Å²) in [7, 11) is 0. The summed E-state index contributed by atoms with van der Waals surface area (Å²) in [6.07, 6.45) is 1.25. The third kappa shape index (κ3) is 5.26. The normalized spacial score (nSPS) is 9.94. The van der Waals surface area contributed by atoms with Crippen molar-refractivity contribution in [3.05, 3.63) is 35.9 Å². The zero-order valence-electron chi connectivity index (χ0n) is 9.82. The van der Waals surface area contributed by atoms with Crippen molar-refractivity contribution in [1.82, 2.24) is 5.32 Å². The second-order valence-electron chi connectivity index (χ2n) is 3.78. The maximum absolute atomic E-state index is 11.7. The van der Waals surface area contributed by atoms with Gasteiger partial charge >= 0.3 is 0 Å². The predicted octanol–water partition coefficient (Wildman–Crippen LogP) is 1.11. The molecule has 0 heterocycles. The first kappa shape index (κ1) is 13.4. The van der Waals surface area contributed by atoms with Crippen LogP contribution < -0.4 is 11.1 Å². The highest BCUT2D eigenvalue weighted by Crippen LogP contribution is 2.04. The van der Waals surface area contributed by atoms with Crippen molar-refractivity contribution < 1.29 is 9.59 Å². The molecule has 92 valence electrons. The van der Waals surface area contributed by atoms with Crippen LogP contribution in [0.4, 0.5) is 0 Å². The van der Waals surface area contributed by atoms with Crippen LogP contribution in [0.3, 0.4) is 0 Å². The molecule has 1 aromatic carbocycles. The summed E-state index contributed by atoms with van der Waals surface area (Å²) in [6.45, 7) is 1.14. The molecule has 0 aromatic heterocycles. The van der Waals surface area contributed by atoms with E-state index in [1.165, 1.54) is 0 Å². The molecule has 0 unspecified atom stereocenters. The van der Waals surface area contributed by atoms with Gasteiger partial charge in [-0.2, -0.15) is 0 Å². The monoisotopic (exact) mass is 234 g/mol. The quantitative estimate of drug-likeness (QED) is 0.548. The predicted molar refractivity (Wildman–Crippen MR) is 66.7 cm³/mol. The Morgan fingerprint density at radius 3 is 2.47 bits per heavy atom. The second-order valence-corrected chi connectivity index (χ2v) is 3.78. The highest BCUT2D eigenvalue weighted by atomic mass is 16.2. The van der Waals surface area contributed by atoms with Crippen LogP contribution in [0.2, 0.25) is 0 Å². The molecule has 0 aliphatic carbocycles. The number of rotatable bonds is 7. The standard InChI is InChI=1S/C13H18N2O2/c14-9-4-10-15-13(17)8-7-12(16)11-5-2-1-3-6-11/h1-3,5-6H,4,7-10,14H2,(H,15,17). The average molecular weight is 234 g/mol. The summed E-state index contributed by atoms with van der Waals surface area (Å²) in [5.74, 6) is -0.0951. The van der Waals surface area contributed by atoms with E-state index in [-0.39, 0.29) is 24.5 Å². The Hall–Kier alpha value is -1.68. The number of hydrogen-bond donors (Lipinski definition) is 2. The van der Waals surface area contributed by atoms with Crippen LogP contribution in [0.25, 0.3) is 0 Å². The van der Waals surface area contributed by atoms with Crippen LogP contribution in [0.5, 0.6) is 0 Å². The van der Waals surface area contributed by atoms with Gasteiger partial charge < -0.3 is 11.1 Å². The minimum Gasteiger partial charge on any atom is -0.356 e. The molecule has 0 radical (unpaired) electrons. The van der Waals surface area contributed by atoms with Crippen molar-refractivity contribution in [2.24, 2.45) is 5.73 Å². The van der Waals surface area contributed by atoms with Crippen molar-refractivity contribution in [3.63, 3.8) is 0 Å². The summed E-state index contributed by atoms with van der Waals surface area (Å²) in [4.78, 5) is 23.0. The number of benzene rings is 1. The first-order valence-electron chi connectivity index (χ1n) is 5.79. The lowest BCUT2D eigenvalue weighted by Gasteiger charge is -2.03. The van der Waals surface area contributed by atoms with Gasteiger partial charge in [0, 0.05) is 24.9 Å². The van der Waals surface area contributed by atoms with Gasteiger partial charge in [0.05, 0.1) is 0 Å². The number of ketones is 1. The summed E-state index contributed by atoms with van der Waals surface area (Å²) < 4.78 is 0. The van der Waals surface area contributed by atoms with Crippen LogP contribution in [0.1, 0.15) is 29.6 Å². The number of carbonyl (C=O) groups excluding carboxylic acids is 2. The Kier molecular flexibility index (Phi) is 5.96. The zero-order chi connectivity index (χ0) is 12.5. The lowest BCUT2D eigenvalue weighted by molar-refractivity contribution is -0.121. The van der Waals surface area contributed by atoms with E-state index in [0.29, 0.717) is 18.7 Å². The minimum atomic E-state index is -0.0947. The van der Waals surface area contributed by atoms with E-state index in [2.05, 4.69) is 5.32 Å². The van der Waals surface area contributed by atoms with E-state index in [9.17, 15) is 9.59 Å². The fraction of sp³-hybridized carbons (Fsp3) is 0.385. The Morgan fingerprint density at radius 2 is 1.82 bits per heavy atom. The van der Waals surface area contributed by atoms with E-state index < -0.39 is 0 Å². The van der Waals surface area contributed by atoms with Crippen molar-refractivity contribution in [2.45, 2.75) is 19.3 Å². The number of carbonyl (C=O) groups is 2. The van der Waals surface area contributed by atoms with Gasteiger partial charge in [-0.1, -0.05) is 30.3 Å². The number of Topliss-reactive ketones (excluding diaryl/α,β-unsaturated/α-hetero) is 1. The summed E-state index contributed by atoms with van der Waals surface area (Å²) >= 11 is 0. The third-order valence-corrected chi connectivity index (χ3v) is 2.38. The Bertz CT molecular complexity index is 363. The summed E-state index contributed by atoms with van der Waals surface area (Å²) in [6, 6.07) is 9.00. The smallest absolute Gasteiger partial charge is 0.220 e. The van der Waals surface area contributed by atoms with E-state index in [1.807, 2.05) is 18.2 Å². The van der Waals surface area contributed by atoms with Gasteiger partial charge in [-0.05, 0) is 13.0 Å². The lowest BCUT2D eigenvalue weighted by atomic mass is 10.1. The van der Waals surface area contributed by atoms with Crippen LogP contribution in [0, 0.1) is 0 Å². The zero-order valence-corrected chi connectivity index (χ0v) is 9.82. The van der Waals surface area contributed by atoms with Gasteiger partial charge in [0.2, 0.25) is 5.91 Å². The highest BCUT2D eigenvalue weighted by molar-refractivity contribution is 5.97. The molecule has 0 atom stereocenters. The lowest BCUT2D eigenvalue weighted by Crippen LogP contribution is -2.26. The Morgan fingerprint density at radius 1 is 1.12 bits per heavy atom. The Balaban J connectivity index is 2.26.